The van der Waals surface area contributed by atoms with Gasteiger partial charge in [-0.25, -0.2) is 4.79 Å². The van der Waals surface area contributed by atoms with Gasteiger partial charge in [0.25, 0.3) is 0 Å². The Balaban J connectivity index is 1.98. The lowest BCUT2D eigenvalue weighted by atomic mass is 10.1. The fraction of sp³-hybridized carbons (Fsp3) is 0.231. The average molecular weight is 305 g/mol. The van der Waals surface area contributed by atoms with Crippen molar-refractivity contribution in [3.63, 3.8) is 0 Å². The van der Waals surface area contributed by atoms with Crippen LogP contribution in [-0.4, -0.2) is 33.0 Å². The van der Waals surface area contributed by atoms with E-state index in [-0.39, 0.29) is 17.7 Å². The quantitative estimate of drug-likeness (QED) is 0.753. The molecule has 2 aromatic rings. The van der Waals surface area contributed by atoms with Crippen LogP contribution in [0.4, 0.5) is 10.7 Å². The van der Waals surface area contributed by atoms with Crippen LogP contribution in [0.15, 0.2) is 24.3 Å². The summed E-state index contributed by atoms with van der Waals surface area (Å²) in [4.78, 5) is 15.4. The third-order valence-corrected chi connectivity index (χ3v) is 2.73. The van der Waals surface area contributed by atoms with Gasteiger partial charge in [-0.1, -0.05) is 29.8 Å². The molecule has 0 bridgehead atoms. The number of hydrogen-bond donors (Lipinski definition) is 3. The molecule has 110 valence electrons. The molecule has 1 heterocycles. The van der Waals surface area contributed by atoms with Crippen molar-refractivity contribution < 1.29 is 9.53 Å². The minimum absolute atomic E-state index is 0.0721. The molecule has 0 aliphatic heterocycles. The molecule has 0 spiro atoms. The van der Waals surface area contributed by atoms with Crippen LogP contribution < -0.4 is 10.6 Å². The normalized spacial score (nSPS) is 10.0. The highest BCUT2D eigenvalue weighted by molar-refractivity contribution is 7.80. The summed E-state index contributed by atoms with van der Waals surface area (Å²) in [6.45, 7) is 3.99. The van der Waals surface area contributed by atoms with Crippen LogP contribution in [0.2, 0.25) is 0 Å². The van der Waals surface area contributed by atoms with E-state index in [1.54, 1.807) is 6.92 Å². The highest BCUT2D eigenvalue weighted by Gasteiger charge is 2.09. The van der Waals surface area contributed by atoms with Crippen molar-refractivity contribution in [3.05, 3.63) is 29.8 Å². The maximum absolute atomic E-state index is 11.2. The summed E-state index contributed by atoms with van der Waals surface area (Å²) in [7, 11) is 0. The summed E-state index contributed by atoms with van der Waals surface area (Å²) >= 11 is 4.95. The smallest absolute Gasteiger partial charge is 0.413 e. The van der Waals surface area contributed by atoms with Crippen LogP contribution in [0.1, 0.15) is 12.5 Å². The lowest BCUT2D eigenvalue weighted by Gasteiger charge is -2.05. The number of ether oxygens (including phenoxy) is 1. The number of amides is 1. The molecule has 7 nitrogen and oxygen atoms in total. The number of carbonyl (C=O) groups is 1. The second-order valence-electron chi connectivity index (χ2n) is 4.17. The number of aryl methyl sites for hydroxylation is 1. The highest BCUT2D eigenvalue weighted by atomic mass is 32.1. The Bertz CT molecular complexity index is 638. The van der Waals surface area contributed by atoms with Crippen molar-refractivity contribution in [3.8, 4) is 11.4 Å². The van der Waals surface area contributed by atoms with Crippen molar-refractivity contribution in [2.24, 2.45) is 0 Å². The SMILES string of the molecule is CCOC(=O)NC(=S)Nc1n[nH]c(-c2ccc(C)cc2)n1. The van der Waals surface area contributed by atoms with Gasteiger partial charge in [-0.05, 0) is 26.1 Å². The maximum atomic E-state index is 11.2. The van der Waals surface area contributed by atoms with Crippen LogP contribution in [0.5, 0.6) is 0 Å². The first-order valence-corrected chi connectivity index (χ1v) is 6.73. The van der Waals surface area contributed by atoms with Gasteiger partial charge in [0.1, 0.15) is 0 Å². The van der Waals surface area contributed by atoms with Gasteiger partial charge < -0.3 is 4.74 Å². The Morgan fingerprint density at radius 1 is 1.38 bits per heavy atom. The Morgan fingerprint density at radius 2 is 2.10 bits per heavy atom. The van der Waals surface area contributed by atoms with E-state index < -0.39 is 6.09 Å². The maximum Gasteiger partial charge on any atom is 0.413 e. The summed E-state index contributed by atoms with van der Waals surface area (Å²) in [5.41, 5.74) is 2.07. The first-order chi connectivity index (χ1) is 10.1. The number of anilines is 1. The molecule has 1 aromatic heterocycles. The van der Waals surface area contributed by atoms with Crippen LogP contribution >= 0.6 is 12.2 Å². The molecule has 0 unspecified atom stereocenters. The Hall–Kier alpha value is -2.48. The Labute approximate surface area is 127 Å². The molecule has 0 aliphatic rings. The van der Waals surface area contributed by atoms with E-state index in [0.717, 1.165) is 11.1 Å². The third-order valence-electron chi connectivity index (χ3n) is 2.53. The number of thiocarbonyl (C=S) groups is 1. The van der Waals surface area contributed by atoms with Crippen molar-refractivity contribution in [1.82, 2.24) is 20.5 Å². The van der Waals surface area contributed by atoms with E-state index >= 15 is 0 Å². The minimum Gasteiger partial charge on any atom is -0.450 e. The molecule has 8 heteroatoms. The van der Waals surface area contributed by atoms with E-state index in [2.05, 4.69) is 25.8 Å². The molecular weight excluding hydrogens is 290 g/mol. The molecule has 0 saturated heterocycles. The first kappa shape index (κ1) is 14.9. The molecule has 2 rings (SSSR count). The fourth-order valence-electron chi connectivity index (χ4n) is 1.55. The molecule has 0 atom stereocenters. The largest absolute Gasteiger partial charge is 0.450 e. The number of hydrogen-bond acceptors (Lipinski definition) is 5. The average Bonchev–Trinajstić information content (AvgIpc) is 2.88. The summed E-state index contributed by atoms with van der Waals surface area (Å²) < 4.78 is 4.71. The van der Waals surface area contributed by atoms with Crippen LogP contribution in [0, 0.1) is 6.92 Å². The molecule has 1 amide bonds. The predicted molar refractivity (Wildman–Crippen MR) is 82.9 cm³/mol. The molecule has 21 heavy (non-hydrogen) atoms. The van der Waals surface area contributed by atoms with Crippen molar-refractivity contribution in [2.75, 3.05) is 11.9 Å². The monoisotopic (exact) mass is 305 g/mol. The van der Waals surface area contributed by atoms with Gasteiger partial charge >= 0.3 is 6.09 Å². The Morgan fingerprint density at radius 3 is 2.76 bits per heavy atom. The second-order valence-corrected chi connectivity index (χ2v) is 4.58. The number of carbonyl (C=O) groups excluding carboxylic acids is 1. The number of benzene rings is 1. The molecule has 1 aromatic carbocycles. The summed E-state index contributed by atoms with van der Waals surface area (Å²) in [5.74, 6) is 0.879. The van der Waals surface area contributed by atoms with Gasteiger partial charge in [-0.3, -0.25) is 15.7 Å². The summed E-state index contributed by atoms with van der Waals surface area (Å²) in [6, 6.07) is 7.85. The van der Waals surface area contributed by atoms with E-state index in [1.807, 2.05) is 31.2 Å². The number of nitrogens with one attached hydrogen (secondary N) is 3. The molecule has 3 N–H and O–H groups in total. The van der Waals surface area contributed by atoms with Gasteiger partial charge in [0.2, 0.25) is 5.95 Å². The van der Waals surface area contributed by atoms with Crippen molar-refractivity contribution in [2.45, 2.75) is 13.8 Å². The molecule has 0 radical (unpaired) electrons. The zero-order valence-electron chi connectivity index (χ0n) is 11.6. The molecule has 0 fully saturated rings. The molecule has 0 aliphatic carbocycles. The molecule has 0 saturated carbocycles. The van der Waals surface area contributed by atoms with E-state index in [9.17, 15) is 4.79 Å². The fourth-order valence-corrected chi connectivity index (χ4v) is 1.73. The predicted octanol–water partition coefficient (Wildman–Crippen LogP) is 2.22. The summed E-state index contributed by atoms with van der Waals surface area (Å²) in [5, 5.41) is 11.9. The van der Waals surface area contributed by atoms with E-state index in [0.29, 0.717) is 5.82 Å². The van der Waals surface area contributed by atoms with E-state index in [4.69, 9.17) is 17.0 Å². The lowest BCUT2D eigenvalue weighted by molar-refractivity contribution is 0.158. The van der Waals surface area contributed by atoms with Gasteiger partial charge in [-0.2, -0.15) is 4.98 Å². The zero-order valence-corrected chi connectivity index (χ0v) is 12.5. The minimum atomic E-state index is -0.621. The zero-order chi connectivity index (χ0) is 15.2. The number of H-pyrrole nitrogens is 1. The third kappa shape index (κ3) is 4.25. The number of rotatable bonds is 3. The Kier molecular flexibility index (Phi) is 4.83. The number of alkyl carbamates (subject to hydrolysis) is 1. The van der Waals surface area contributed by atoms with Crippen molar-refractivity contribution in [1.29, 1.82) is 0 Å². The number of aromatic amines is 1. The van der Waals surface area contributed by atoms with Crippen molar-refractivity contribution >= 4 is 29.4 Å². The number of aromatic nitrogens is 3. The van der Waals surface area contributed by atoms with Gasteiger partial charge in [0.15, 0.2) is 10.9 Å². The first-order valence-electron chi connectivity index (χ1n) is 6.32. The number of nitrogens with zero attached hydrogens (tertiary/aromatic N) is 2. The highest BCUT2D eigenvalue weighted by Crippen LogP contribution is 2.16. The van der Waals surface area contributed by atoms with Gasteiger partial charge in [0.05, 0.1) is 6.61 Å². The van der Waals surface area contributed by atoms with E-state index in [1.165, 1.54) is 0 Å². The van der Waals surface area contributed by atoms with Crippen LogP contribution in [0.25, 0.3) is 11.4 Å². The van der Waals surface area contributed by atoms with Gasteiger partial charge in [-0.15, -0.1) is 5.10 Å². The van der Waals surface area contributed by atoms with Crippen LogP contribution in [-0.2, 0) is 4.74 Å². The summed E-state index contributed by atoms with van der Waals surface area (Å²) in [6.07, 6.45) is -0.621. The topological polar surface area (TPSA) is 91.9 Å². The van der Waals surface area contributed by atoms with Crippen LogP contribution in [0.3, 0.4) is 0 Å². The molecular formula is C13H15N5O2S. The lowest BCUT2D eigenvalue weighted by Crippen LogP contribution is -2.34. The second kappa shape index (κ2) is 6.80. The standard InChI is InChI=1S/C13H15N5O2S/c1-3-20-13(19)16-12(21)15-11-14-10(17-18-11)9-6-4-8(2)5-7-9/h4-7H,3H2,1-2H3,(H3,14,15,16,17,18,19,21). The van der Waals surface area contributed by atoms with Gasteiger partial charge in [0, 0.05) is 5.56 Å².